The van der Waals surface area contributed by atoms with E-state index < -0.39 is 0 Å². The summed E-state index contributed by atoms with van der Waals surface area (Å²) in [6.07, 6.45) is 0. The van der Waals surface area contributed by atoms with Gasteiger partial charge in [0.15, 0.2) is 5.13 Å². The minimum atomic E-state index is 0.00532. The Morgan fingerprint density at radius 3 is 2.62 bits per heavy atom. The molecule has 0 saturated carbocycles. The van der Waals surface area contributed by atoms with Gasteiger partial charge in [0.2, 0.25) is 5.91 Å². The first-order chi connectivity index (χ1) is 9.95. The molecule has 0 aliphatic rings. The first-order valence-electron chi connectivity index (χ1n) is 6.82. The van der Waals surface area contributed by atoms with Crippen molar-refractivity contribution >= 4 is 34.1 Å². The van der Waals surface area contributed by atoms with E-state index in [1.54, 1.807) is 11.8 Å². The summed E-state index contributed by atoms with van der Waals surface area (Å²) in [5.74, 6) is 1.30. The second kappa shape index (κ2) is 7.09. The third-order valence-electron chi connectivity index (χ3n) is 2.86. The number of carbonyl (C=O) groups is 1. The van der Waals surface area contributed by atoms with E-state index in [1.807, 2.05) is 23.6 Å². The van der Waals surface area contributed by atoms with E-state index in [1.165, 1.54) is 16.9 Å². The van der Waals surface area contributed by atoms with Gasteiger partial charge in [-0.2, -0.15) is 0 Å². The van der Waals surface area contributed by atoms with Crippen LogP contribution in [0.5, 0.6) is 0 Å². The van der Waals surface area contributed by atoms with E-state index in [9.17, 15) is 4.79 Å². The molecule has 2 aromatic rings. The molecule has 3 nitrogen and oxygen atoms in total. The Hall–Kier alpha value is -1.33. The number of amides is 1. The molecule has 1 amide bonds. The molecule has 0 fully saturated rings. The van der Waals surface area contributed by atoms with Gasteiger partial charge in [-0.15, -0.1) is 23.1 Å². The summed E-state index contributed by atoms with van der Waals surface area (Å²) in [5.41, 5.74) is 2.26. The molecule has 0 atom stereocenters. The van der Waals surface area contributed by atoms with E-state index in [0.717, 1.165) is 11.4 Å². The van der Waals surface area contributed by atoms with E-state index >= 15 is 0 Å². The standard InChI is InChI=1S/C16H20N2OS2/c1-16(2,3)13-10-21-15(17-13)18-14(19)11-20-9-12-7-5-4-6-8-12/h4-8,10H,9,11H2,1-3H3,(H,17,18,19). The average molecular weight is 320 g/mol. The topological polar surface area (TPSA) is 42.0 Å². The Morgan fingerprint density at radius 1 is 1.29 bits per heavy atom. The zero-order chi connectivity index (χ0) is 15.3. The maximum absolute atomic E-state index is 11.9. The van der Waals surface area contributed by atoms with Crippen molar-refractivity contribution in [2.75, 3.05) is 11.1 Å². The molecule has 1 aromatic heterocycles. The van der Waals surface area contributed by atoms with Crippen LogP contribution in [0, 0.1) is 0 Å². The van der Waals surface area contributed by atoms with Gasteiger partial charge >= 0.3 is 0 Å². The lowest BCUT2D eigenvalue weighted by atomic mass is 9.93. The maximum Gasteiger partial charge on any atom is 0.236 e. The van der Waals surface area contributed by atoms with Gasteiger partial charge in [0.25, 0.3) is 0 Å². The summed E-state index contributed by atoms with van der Waals surface area (Å²) in [6, 6.07) is 10.2. The van der Waals surface area contributed by atoms with Crippen molar-refractivity contribution in [3.63, 3.8) is 0 Å². The van der Waals surface area contributed by atoms with Gasteiger partial charge in [-0.1, -0.05) is 51.1 Å². The number of carbonyl (C=O) groups excluding carboxylic acids is 1. The van der Waals surface area contributed by atoms with Crippen molar-refractivity contribution in [1.82, 2.24) is 4.98 Å². The zero-order valence-electron chi connectivity index (χ0n) is 12.6. The van der Waals surface area contributed by atoms with E-state index in [4.69, 9.17) is 0 Å². The number of thioether (sulfide) groups is 1. The van der Waals surface area contributed by atoms with Crippen molar-refractivity contribution in [1.29, 1.82) is 0 Å². The lowest BCUT2D eigenvalue weighted by Crippen LogP contribution is -2.15. The Kier molecular flexibility index (Phi) is 5.42. The van der Waals surface area contributed by atoms with Crippen molar-refractivity contribution < 1.29 is 4.79 Å². The predicted octanol–water partition coefficient (Wildman–Crippen LogP) is 4.31. The van der Waals surface area contributed by atoms with Crippen LogP contribution in [0.3, 0.4) is 0 Å². The number of nitrogens with one attached hydrogen (secondary N) is 1. The molecule has 112 valence electrons. The van der Waals surface area contributed by atoms with Gasteiger partial charge in [-0.25, -0.2) is 4.98 Å². The highest BCUT2D eigenvalue weighted by atomic mass is 32.2. The third kappa shape index (κ3) is 5.17. The number of aromatic nitrogens is 1. The van der Waals surface area contributed by atoms with Crippen molar-refractivity contribution in [3.05, 3.63) is 47.0 Å². The summed E-state index contributed by atoms with van der Waals surface area (Å²) in [6.45, 7) is 6.34. The monoisotopic (exact) mass is 320 g/mol. The first-order valence-corrected chi connectivity index (χ1v) is 8.86. The normalized spacial score (nSPS) is 11.4. The Labute approximate surface area is 134 Å². The minimum absolute atomic E-state index is 0.00532. The lowest BCUT2D eigenvalue weighted by Gasteiger charge is -2.14. The molecule has 21 heavy (non-hydrogen) atoms. The highest BCUT2D eigenvalue weighted by Crippen LogP contribution is 2.26. The second-order valence-electron chi connectivity index (χ2n) is 5.81. The van der Waals surface area contributed by atoms with Crippen molar-refractivity contribution in [3.8, 4) is 0 Å². The van der Waals surface area contributed by atoms with E-state index in [0.29, 0.717) is 10.9 Å². The third-order valence-corrected chi connectivity index (χ3v) is 4.63. The molecule has 5 heteroatoms. The van der Waals surface area contributed by atoms with Crippen molar-refractivity contribution in [2.24, 2.45) is 0 Å². The van der Waals surface area contributed by atoms with Gasteiger partial charge in [0.1, 0.15) is 0 Å². The van der Waals surface area contributed by atoms with E-state index in [-0.39, 0.29) is 11.3 Å². The van der Waals surface area contributed by atoms with Crippen LogP contribution in [0.15, 0.2) is 35.7 Å². The molecule has 0 bridgehead atoms. The predicted molar refractivity (Wildman–Crippen MR) is 92.0 cm³/mol. The fourth-order valence-electron chi connectivity index (χ4n) is 1.67. The summed E-state index contributed by atoms with van der Waals surface area (Å²) in [4.78, 5) is 16.4. The SMILES string of the molecule is CC(C)(C)c1csc(NC(=O)CSCc2ccccc2)n1. The van der Waals surface area contributed by atoms with Gasteiger partial charge in [0.05, 0.1) is 11.4 Å². The number of hydrogen-bond donors (Lipinski definition) is 1. The molecule has 1 N–H and O–H groups in total. The summed E-state index contributed by atoms with van der Waals surface area (Å²) in [7, 11) is 0. The van der Waals surface area contributed by atoms with Crippen LogP contribution < -0.4 is 5.32 Å². The number of hydrogen-bond acceptors (Lipinski definition) is 4. The van der Waals surface area contributed by atoms with Crippen LogP contribution in [-0.4, -0.2) is 16.6 Å². The molecule has 0 saturated heterocycles. The van der Waals surface area contributed by atoms with Crippen LogP contribution >= 0.6 is 23.1 Å². The highest BCUT2D eigenvalue weighted by Gasteiger charge is 2.18. The largest absolute Gasteiger partial charge is 0.301 e. The molecule has 0 radical (unpaired) electrons. The Morgan fingerprint density at radius 2 is 2.00 bits per heavy atom. The van der Waals surface area contributed by atoms with Crippen LogP contribution in [0.25, 0.3) is 0 Å². The summed E-state index contributed by atoms with van der Waals surface area (Å²) < 4.78 is 0. The first kappa shape index (κ1) is 16.0. The number of rotatable bonds is 5. The number of anilines is 1. The molecule has 0 unspecified atom stereocenters. The van der Waals surface area contributed by atoms with Crippen molar-refractivity contribution in [2.45, 2.75) is 31.9 Å². The molecule has 1 heterocycles. The number of benzene rings is 1. The van der Waals surface area contributed by atoms with Crippen LogP contribution in [0.4, 0.5) is 5.13 Å². The second-order valence-corrected chi connectivity index (χ2v) is 7.66. The molecular formula is C16H20N2OS2. The van der Waals surface area contributed by atoms with Crippen LogP contribution in [0.1, 0.15) is 32.0 Å². The molecular weight excluding hydrogens is 300 g/mol. The molecule has 0 spiro atoms. The fraction of sp³-hybridized carbons (Fsp3) is 0.375. The maximum atomic E-state index is 11.9. The Bertz CT molecular complexity index is 588. The zero-order valence-corrected chi connectivity index (χ0v) is 14.2. The van der Waals surface area contributed by atoms with Gasteiger partial charge < -0.3 is 5.32 Å². The number of thiazole rings is 1. The lowest BCUT2D eigenvalue weighted by molar-refractivity contribution is -0.113. The number of nitrogens with zero attached hydrogens (tertiary/aromatic N) is 1. The molecule has 0 aliphatic heterocycles. The molecule has 0 aliphatic carbocycles. The average Bonchev–Trinajstić information content (AvgIpc) is 2.88. The highest BCUT2D eigenvalue weighted by molar-refractivity contribution is 7.99. The van der Waals surface area contributed by atoms with Gasteiger partial charge in [0, 0.05) is 16.5 Å². The quantitative estimate of drug-likeness (QED) is 0.892. The summed E-state index contributed by atoms with van der Waals surface area (Å²) >= 11 is 3.09. The molecule has 1 aromatic carbocycles. The minimum Gasteiger partial charge on any atom is -0.301 e. The van der Waals surface area contributed by atoms with Gasteiger partial charge in [-0.3, -0.25) is 4.79 Å². The van der Waals surface area contributed by atoms with E-state index in [2.05, 4.69) is 43.2 Å². The van der Waals surface area contributed by atoms with Gasteiger partial charge in [-0.05, 0) is 5.56 Å². The molecule has 2 rings (SSSR count). The summed E-state index contributed by atoms with van der Waals surface area (Å²) in [5, 5.41) is 5.56. The van der Waals surface area contributed by atoms with Crippen LogP contribution in [-0.2, 0) is 16.0 Å². The Balaban J connectivity index is 1.78. The van der Waals surface area contributed by atoms with Crippen LogP contribution in [0.2, 0.25) is 0 Å². The smallest absolute Gasteiger partial charge is 0.236 e. The fourth-order valence-corrected chi connectivity index (χ4v) is 3.41.